The maximum Gasteiger partial charge on any atom is 0.0780 e. The highest BCUT2D eigenvalue weighted by Crippen LogP contribution is 2.10. The second-order valence-corrected chi connectivity index (χ2v) is 4.04. The molecule has 0 aromatic carbocycles. The molecule has 0 amide bonds. The summed E-state index contributed by atoms with van der Waals surface area (Å²) < 4.78 is 133. The first-order valence-corrected chi connectivity index (χ1v) is 4.76. The summed E-state index contributed by atoms with van der Waals surface area (Å²) >= 11 is 0. The Morgan fingerprint density at radius 3 is 2.07 bits per heavy atom. The van der Waals surface area contributed by atoms with Gasteiger partial charge in [-0.2, -0.15) is 0 Å². The van der Waals surface area contributed by atoms with E-state index in [1.54, 1.807) is 21.1 Å². The lowest BCUT2D eigenvalue weighted by atomic mass is 10.1. The van der Waals surface area contributed by atoms with E-state index in [0.717, 1.165) is 0 Å². The van der Waals surface area contributed by atoms with Crippen LogP contribution < -0.4 is 0 Å². The molecule has 0 heterocycles. The van der Waals surface area contributed by atoms with Crippen LogP contribution in [0.1, 0.15) is 87.6 Å². The molecule has 0 saturated carbocycles. The SMILES string of the molecule is [2H]C([2H])([2H])C([2H])([2H])C([2H])([2H])C([2H])([2H])C([2H])([2H])C([2H])([2H])C([2H])([2H])C([2H])([2H])CCC[N+](C)(C)C. The Morgan fingerprint density at radius 1 is 0.867 bits per heavy atom. The average molecular weight is 232 g/mol. The van der Waals surface area contributed by atoms with Gasteiger partial charge in [-0.1, -0.05) is 51.5 Å². The van der Waals surface area contributed by atoms with Crippen molar-refractivity contribution < 1.29 is 27.8 Å². The molecule has 0 aliphatic heterocycles. The highest BCUT2D eigenvalue weighted by Gasteiger charge is 2.04. The molecule has 0 radical (unpaired) electrons. The molecular formula is C14H32N+. The lowest BCUT2D eigenvalue weighted by molar-refractivity contribution is -0.870. The second kappa shape index (κ2) is 9.21. The molecule has 1 heteroatoms. The van der Waals surface area contributed by atoms with Crippen LogP contribution in [0, 0.1) is 0 Å². The number of hydrogen-bond acceptors (Lipinski definition) is 0. The molecule has 0 aliphatic carbocycles. The van der Waals surface area contributed by atoms with Crippen LogP contribution in [0.4, 0.5) is 0 Å². The minimum Gasteiger partial charge on any atom is -0.331 e. The zero-order chi connectivity index (χ0) is 26.6. The van der Waals surface area contributed by atoms with Crippen molar-refractivity contribution in [2.75, 3.05) is 27.7 Å². The van der Waals surface area contributed by atoms with Gasteiger partial charge in [0.25, 0.3) is 0 Å². The predicted octanol–water partition coefficient (Wildman–Crippen LogP) is 4.22. The third-order valence-corrected chi connectivity index (χ3v) is 1.53. The van der Waals surface area contributed by atoms with Crippen molar-refractivity contribution in [3.05, 3.63) is 0 Å². The largest absolute Gasteiger partial charge is 0.331 e. The molecule has 0 spiro atoms. The van der Waals surface area contributed by atoms with Gasteiger partial charge in [0.15, 0.2) is 0 Å². The Bertz CT molecular complexity index is 655. The van der Waals surface area contributed by atoms with Crippen LogP contribution in [0.15, 0.2) is 0 Å². The van der Waals surface area contributed by atoms with Gasteiger partial charge in [-0.3, -0.25) is 0 Å². The molecule has 0 rings (SSSR count). The van der Waals surface area contributed by atoms with Crippen molar-refractivity contribution in [3.63, 3.8) is 0 Å². The summed E-state index contributed by atoms with van der Waals surface area (Å²) in [6.45, 7) is -3.39. The molecule has 0 aliphatic rings. The first-order chi connectivity index (χ1) is 13.5. The quantitative estimate of drug-likeness (QED) is 0.494. The number of quaternary nitrogens is 1. The lowest BCUT2D eigenvalue weighted by Gasteiger charge is -2.23. The van der Waals surface area contributed by atoms with Crippen LogP contribution >= 0.6 is 0 Å². The summed E-state index contributed by atoms with van der Waals surface area (Å²) in [6.07, 6.45) is -27.8. The maximum absolute atomic E-state index is 8.06. The zero-order valence-electron chi connectivity index (χ0n) is 26.6. The summed E-state index contributed by atoms with van der Waals surface area (Å²) in [5.74, 6) is 0. The minimum absolute atomic E-state index is 0.0738. The van der Waals surface area contributed by atoms with Gasteiger partial charge in [0.2, 0.25) is 0 Å². The van der Waals surface area contributed by atoms with E-state index < -0.39 is 57.9 Å². The van der Waals surface area contributed by atoms with Crippen molar-refractivity contribution in [2.45, 2.75) is 64.3 Å². The Kier molecular flexibility index (Phi) is 1.87. The molecule has 0 N–H and O–H groups in total. The molecule has 15 heavy (non-hydrogen) atoms. The van der Waals surface area contributed by atoms with Crippen LogP contribution in [0.2, 0.25) is 0 Å². The topological polar surface area (TPSA) is 0 Å². The Morgan fingerprint density at radius 2 is 1.47 bits per heavy atom. The number of hydrogen-bond donors (Lipinski definition) is 0. The van der Waals surface area contributed by atoms with Crippen LogP contribution in [0.3, 0.4) is 0 Å². The Labute approximate surface area is 121 Å². The molecule has 0 bridgehead atoms. The third-order valence-electron chi connectivity index (χ3n) is 1.53. The monoisotopic (exact) mass is 231 g/mol. The zero-order valence-corrected chi connectivity index (χ0v) is 9.57. The first kappa shape index (κ1) is 3.04. The van der Waals surface area contributed by atoms with E-state index in [9.17, 15) is 0 Å². The summed E-state index contributed by atoms with van der Waals surface area (Å²) in [5, 5.41) is 0. The molecule has 0 fully saturated rings. The summed E-state index contributed by atoms with van der Waals surface area (Å²) in [4.78, 5) is 0. The molecule has 1 nitrogen and oxygen atoms in total. The maximum atomic E-state index is 8.06. The summed E-state index contributed by atoms with van der Waals surface area (Å²) in [6, 6.07) is 0. The minimum atomic E-state index is -4.23. The summed E-state index contributed by atoms with van der Waals surface area (Å²) in [7, 11) is 5.37. The van der Waals surface area contributed by atoms with Crippen LogP contribution in [-0.2, 0) is 0 Å². The van der Waals surface area contributed by atoms with Crippen LogP contribution in [0.5, 0.6) is 0 Å². The van der Waals surface area contributed by atoms with E-state index in [1.807, 2.05) is 0 Å². The van der Waals surface area contributed by atoms with Crippen molar-refractivity contribution in [1.29, 1.82) is 0 Å². The normalized spacial score (nSPS) is 36.3. The third kappa shape index (κ3) is 14.0. The van der Waals surface area contributed by atoms with Gasteiger partial charge in [0.05, 0.1) is 27.7 Å². The highest BCUT2D eigenvalue weighted by molar-refractivity contribution is 4.46. The highest BCUT2D eigenvalue weighted by atomic mass is 15.3. The predicted molar refractivity (Wildman–Crippen MR) is 70.1 cm³/mol. The van der Waals surface area contributed by atoms with E-state index in [0.29, 0.717) is 11.0 Å². The van der Waals surface area contributed by atoms with Crippen molar-refractivity contribution in [3.8, 4) is 0 Å². The lowest BCUT2D eigenvalue weighted by Crippen LogP contribution is -2.35. The van der Waals surface area contributed by atoms with Gasteiger partial charge in [-0.25, -0.2) is 0 Å². The van der Waals surface area contributed by atoms with Crippen LogP contribution in [0.25, 0.3) is 0 Å². The molecular weight excluding hydrogens is 182 g/mol. The van der Waals surface area contributed by atoms with Gasteiger partial charge in [0, 0.05) is 23.3 Å². The van der Waals surface area contributed by atoms with Crippen molar-refractivity contribution in [1.82, 2.24) is 0 Å². The van der Waals surface area contributed by atoms with Crippen molar-refractivity contribution in [2.24, 2.45) is 0 Å². The molecule has 0 aromatic rings. The first-order valence-electron chi connectivity index (χ1n) is 13.3. The average Bonchev–Trinajstić information content (AvgIpc) is 2.50. The van der Waals surface area contributed by atoms with E-state index in [-0.39, 0.29) is 6.42 Å². The van der Waals surface area contributed by atoms with Gasteiger partial charge < -0.3 is 4.48 Å². The van der Waals surface area contributed by atoms with Crippen molar-refractivity contribution >= 4 is 0 Å². The van der Waals surface area contributed by atoms with E-state index in [1.165, 1.54) is 0 Å². The van der Waals surface area contributed by atoms with Gasteiger partial charge in [-0.05, 0) is 12.8 Å². The fourth-order valence-electron chi connectivity index (χ4n) is 0.873. The molecule has 92 valence electrons. The van der Waals surface area contributed by atoms with E-state index >= 15 is 0 Å². The standard InChI is InChI=1S/C14H32N/c1-5-6-7-8-9-10-11-12-13-14-15(2,3)4/h5-14H2,1-4H3/q+1/i1D3,5D2,6D2,7D2,8D2,9D2,10D2,11D2. The van der Waals surface area contributed by atoms with Gasteiger partial charge in [-0.15, -0.1) is 0 Å². The van der Waals surface area contributed by atoms with Crippen LogP contribution in [-0.4, -0.2) is 32.2 Å². The fourth-order valence-corrected chi connectivity index (χ4v) is 0.873. The number of rotatable bonds is 10. The molecule has 0 saturated heterocycles. The van der Waals surface area contributed by atoms with Gasteiger partial charge in [0.1, 0.15) is 0 Å². The summed E-state index contributed by atoms with van der Waals surface area (Å²) in [5.41, 5.74) is 0. The van der Waals surface area contributed by atoms with Gasteiger partial charge >= 0.3 is 0 Å². The Hall–Kier alpha value is -0.0400. The fraction of sp³-hybridized carbons (Fsp3) is 1.00. The second-order valence-electron chi connectivity index (χ2n) is 4.04. The molecule has 0 aromatic heterocycles. The Balaban J connectivity index is 6.41. The molecule has 0 atom stereocenters. The molecule has 0 unspecified atom stereocenters. The smallest absolute Gasteiger partial charge is 0.0780 e. The van der Waals surface area contributed by atoms with E-state index in [4.69, 9.17) is 23.3 Å². The number of nitrogens with zero attached hydrogens (tertiary/aromatic N) is 1. The van der Waals surface area contributed by atoms with E-state index in [2.05, 4.69) is 0 Å².